The Bertz CT molecular complexity index is 678. The number of ether oxygens (including phenoxy) is 1. The number of benzene rings is 1. The predicted octanol–water partition coefficient (Wildman–Crippen LogP) is 2.74. The fourth-order valence-corrected chi connectivity index (χ4v) is 2.82. The second-order valence-electron chi connectivity index (χ2n) is 5.35. The zero-order valence-electron chi connectivity index (χ0n) is 12.4. The average molecular weight is 298 g/mol. The number of urea groups is 1. The van der Waals surface area contributed by atoms with Gasteiger partial charge in [-0.1, -0.05) is 31.2 Å². The van der Waals surface area contributed by atoms with Gasteiger partial charge in [0.15, 0.2) is 0 Å². The summed E-state index contributed by atoms with van der Waals surface area (Å²) < 4.78 is 5.95. The summed E-state index contributed by atoms with van der Waals surface area (Å²) in [5, 5.41) is 5.06. The Kier molecular flexibility index (Phi) is 3.71. The second-order valence-corrected chi connectivity index (χ2v) is 5.35. The van der Waals surface area contributed by atoms with Gasteiger partial charge in [0.2, 0.25) is 0 Å². The lowest BCUT2D eigenvalue weighted by atomic mass is 9.86. The van der Waals surface area contributed by atoms with Crippen LogP contribution in [0.4, 0.5) is 4.79 Å². The number of rotatable bonds is 4. The van der Waals surface area contributed by atoms with E-state index < -0.39 is 11.6 Å². The quantitative estimate of drug-likeness (QED) is 0.840. The Morgan fingerprint density at radius 3 is 2.68 bits per heavy atom. The number of hydrogen-bond acceptors (Lipinski definition) is 3. The summed E-state index contributed by atoms with van der Waals surface area (Å²) in [7, 11) is 0. The minimum atomic E-state index is -1.08. The van der Waals surface area contributed by atoms with Crippen molar-refractivity contribution in [1.29, 1.82) is 0 Å². The summed E-state index contributed by atoms with van der Waals surface area (Å²) in [6.45, 7) is 1.86. The molecule has 3 rings (SSSR count). The second kappa shape index (κ2) is 5.67. The zero-order valence-corrected chi connectivity index (χ0v) is 12.4. The van der Waals surface area contributed by atoms with Gasteiger partial charge in [-0.2, -0.15) is 0 Å². The molecule has 2 N–H and O–H groups in total. The van der Waals surface area contributed by atoms with E-state index in [9.17, 15) is 9.59 Å². The van der Waals surface area contributed by atoms with E-state index in [0.29, 0.717) is 17.7 Å². The number of hydrogen-bond donors (Lipinski definition) is 2. The summed E-state index contributed by atoms with van der Waals surface area (Å²) >= 11 is 0. The number of imide groups is 1. The topological polar surface area (TPSA) is 67.4 Å². The molecule has 1 heterocycles. The number of nitrogens with one attached hydrogen (secondary N) is 2. The number of allylic oxidation sites excluding steroid dienone is 3. The number of para-hydroxylation sites is 1. The maximum Gasteiger partial charge on any atom is 0.322 e. The molecule has 1 atom stereocenters. The van der Waals surface area contributed by atoms with Crippen molar-refractivity contribution in [2.45, 2.75) is 31.7 Å². The molecule has 0 bridgehead atoms. The van der Waals surface area contributed by atoms with E-state index >= 15 is 0 Å². The number of carbonyl (C=O) groups excluding carboxylic acids is 2. The van der Waals surface area contributed by atoms with Crippen LogP contribution in [0.2, 0.25) is 0 Å². The summed E-state index contributed by atoms with van der Waals surface area (Å²) in [6, 6.07) is 6.84. The van der Waals surface area contributed by atoms with Crippen LogP contribution in [-0.2, 0) is 10.3 Å². The third-order valence-electron chi connectivity index (χ3n) is 4.01. The predicted molar refractivity (Wildman–Crippen MR) is 82.2 cm³/mol. The lowest BCUT2D eigenvalue weighted by molar-refractivity contribution is -0.124. The summed E-state index contributed by atoms with van der Waals surface area (Å²) in [5.74, 6) is 0.999. The molecule has 22 heavy (non-hydrogen) atoms. The van der Waals surface area contributed by atoms with Crippen LogP contribution in [0.25, 0.3) is 0 Å². The van der Waals surface area contributed by atoms with Crippen LogP contribution >= 0.6 is 0 Å². The van der Waals surface area contributed by atoms with E-state index in [1.165, 1.54) is 0 Å². The molecule has 0 saturated carbocycles. The van der Waals surface area contributed by atoms with Crippen molar-refractivity contribution < 1.29 is 14.3 Å². The molecule has 0 radical (unpaired) electrons. The number of amides is 3. The molecule has 1 aliphatic carbocycles. The van der Waals surface area contributed by atoms with Crippen molar-refractivity contribution in [2.75, 3.05) is 0 Å². The molecular weight excluding hydrogens is 280 g/mol. The van der Waals surface area contributed by atoms with E-state index in [1.807, 2.05) is 43.3 Å². The van der Waals surface area contributed by atoms with Gasteiger partial charge >= 0.3 is 6.03 Å². The Labute approximate surface area is 129 Å². The first-order valence-electron chi connectivity index (χ1n) is 7.43. The van der Waals surface area contributed by atoms with Gasteiger partial charge in [0.05, 0.1) is 0 Å². The fraction of sp³-hybridized carbons (Fsp3) is 0.294. The van der Waals surface area contributed by atoms with Crippen molar-refractivity contribution >= 4 is 11.9 Å². The standard InChI is InChI=1S/C17H18N2O3/c1-2-17(15(20)18-16(21)19-17)13-10-6-7-11-14(13)22-12-8-4-3-5-9-12/h4,6-11H,2-3,5H2,1H3,(H2,18,19,20,21). The first kappa shape index (κ1) is 14.4. The van der Waals surface area contributed by atoms with Crippen molar-refractivity contribution in [3.8, 4) is 5.75 Å². The smallest absolute Gasteiger partial charge is 0.322 e. The Morgan fingerprint density at radius 1 is 1.23 bits per heavy atom. The summed E-state index contributed by atoms with van der Waals surface area (Å²) in [4.78, 5) is 23.9. The van der Waals surface area contributed by atoms with Gasteiger partial charge in [-0.25, -0.2) is 4.79 Å². The van der Waals surface area contributed by atoms with Crippen LogP contribution in [0.3, 0.4) is 0 Å². The van der Waals surface area contributed by atoms with Crippen molar-refractivity contribution in [3.63, 3.8) is 0 Å². The Hall–Kier alpha value is -2.56. The van der Waals surface area contributed by atoms with Gasteiger partial charge in [-0.05, 0) is 37.5 Å². The van der Waals surface area contributed by atoms with Crippen LogP contribution in [-0.4, -0.2) is 11.9 Å². The third-order valence-corrected chi connectivity index (χ3v) is 4.01. The molecule has 1 aromatic carbocycles. The monoisotopic (exact) mass is 298 g/mol. The maximum absolute atomic E-state index is 12.3. The van der Waals surface area contributed by atoms with E-state index in [0.717, 1.165) is 18.6 Å². The maximum atomic E-state index is 12.3. The Morgan fingerprint density at radius 2 is 2.05 bits per heavy atom. The van der Waals surface area contributed by atoms with Gasteiger partial charge in [0, 0.05) is 5.56 Å². The zero-order chi connectivity index (χ0) is 15.6. The molecular formula is C17H18N2O3. The van der Waals surface area contributed by atoms with Crippen LogP contribution < -0.4 is 15.4 Å². The minimum absolute atomic E-state index is 0.343. The minimum Gasteiger partial charge on any atom is -0.457 e. The molecule has 114 valence electrons. The highest BCUT2D eigenvalue weighted by molar-refractivity contribution is 6.07. The third kappa shape index (κ3) is 2.39. The molecule has 1 fully saturated rings. The SMILES string of the molecule is CCC1(c2ccccc2OC2=CCCC=C2)NC(=O)NC1=O. The van der Waals surface area contributed by atoms with Crippen LogP contribution in [0.1, 0.15) is 31.7 Å². The summed E-state index contributed by atoms with van der Waals surface area (Å²) in [6.07, 6.45) is 8.38. The van der Waals surface area contributed by atoms with E-state index in [4.69, 9.17) is 4.74 Å². The molecule has 2 aliphatic rings. The number of carbonyl (C=O) groups is 2. The molecule has 1 saturated heterocycles. The first-order chi connectivity index (χ1) is 10.7. The lowest BCUT2D eigenvalue weighted by Crippen LogP contribution is -2.43. The van der Waals surface area contributed by atoms with Gasteiger partial charge < -0.3 is 10.1 Å². The van der Waals surface area contributed by atoms with Crippen molar-refractivity contribution in [3.05, 3.63) is 53.8 Å². The van der Waals surface area contributed by atoms with Crippen LogP contribution in [0, 0.1) is 0 Å². The molecule has 0 spiro atoms. The van der Waals surface area contributed by atoms with Gasteiger partial charge in [0.1, 0.15) is 17.0 Å². The largest absolute Gasteiger partial charge is 0.457 e. The van der Waals surface area contributed by atoms with Gasteiger partial charge in [0.25, 0.3) is 5.91 Å². The van der Waals surface area contributed by atoms with E-state index in [-0.39, 0.29) is 5.91 Å². The average Bonchev–Trinajstić information content (AvgIpc) is 2.83. The molecule has 0 aromatic heterocycles. The first-order valence-corrected chi connectivity index (χ1v) is 7.43. The molecule has 5 heteroatoms. The highest BCUT2D eigenvalue weighted by Crippen LogP contribution is 2.36. The lowest BCUT2D eigenvalue weighted by Gasteiger charge is -2.27. The summed E-state index contributed by atoms with van der Waals surface area (Å²) in [5.41, 5.74) is -0.409. The molecule has 1 aromatic rings. The van der Waals surface area contributed by atoms with Crippen molar-refractivity contribution in [2.24, 2.45) is 0 Å². The normalized spacial score (nSPS) is 23.8. The highest BCUT2D eigenvalue weighted by atomic mass is 16.5. The van der Waals surface area contributed by atoms with Crippen molar-refractivity contribution in [1.82, 2.24) is 10.6 Å². The Balaban J connectivity index is 2.00. The molecule has 5 nitrogen and oxygen atoms in total. The molecule has 1 aliphatic heterocycles. The van der Waals surface area contributed by atoms with Crippen LogP contribution in [0.15, 0.2) is 48.3 Å². The van der Waals surface area contributed by atoms with Crippen LogP contribution in [0.5, 0.6) is 5.75 Å². The molecule has 1 unspecified atom stereocenters. The van der Waals surface area contributed by atoms with E-state index in [2.05, 4.69) is 16.7 Å². The van der Waals surface area contributed by atoms with Gasteiger partial charge in [-0.15, -0.1) is 0 Å². The molecule has 3 amide bonds. The van der Waals surface area contributed by atoms with E-state index in [1.54, 1.807) is 0 Å². The highest BCUT2D eigenvalue weighted by Gasteiger charge is 2.47. The fourth-order valence-electron chi connectivity index (χ4n) is 2.82. The van der Waals surface area contributed by atoms with Gasteiger partial charge in [-0.3, -0.25) is 10.1 Å².